The van der Waals surface area contributed by atoms with Crippen LogP contribution < -0.4 is 5.56 Å². The Balaban J connectivity index is 1.92. The second kappa shape index (κ2) is 6.56. The average Bonchev–Trinajstić information content (AvgIpc) is 3.06. The van der Waals surface area contributed by atoms with Crippen LogP contribution in [0.15, 0.2) is 65.5 Å². The van der Waals surface area contributed by atoms with Crippen molar-refractivity contribution in [3.63, 3.8) is 0 Å². The number of ketones is 1. The van der Waals surface area contributed by atoms with Crippen molar-refractivity contribution in [2.45, 2.75) is 6.92 Å². The maximum Gasteiger partial charge on any atom is 0.249 e. The molecule has 0 saturated carbocycles. The molecule has 2 aromatic carbocycles. The van der Waals surface area contributed by atoms with Gasteiger partial charge >= 0.3 is 0 Å². The predicted molar refractivity (Wildman–Crippen MR) is 108 cm³/mol. The van der Waals surface area contributed by atoms with Gasteiger partial charge in [-0.25, -0.2) is 0 Å². The van der Waals surface area contributed by atoms with E-state index in [0.717, 1.165) is 22.1 Å². The molecule has 26 heavy (non-hydrogen) atoms. The second-order valence-electron chi connectivity index (χ2n) is 6.11. The fourth-order valence-electron chi connectivity index (χ4n) is 3.03. The molecule has 2 heterocycles. The number of aromatic amines is 1. The molecule has 0 spiro atoms. The summed E-state index contributed by atoms with van der Waals surface area (Å²) in [5, 5.41) is 0.837. The van der Waals surface area contributed by atoms with Crippen LogP contribution >= 0.6 is 22.9 Å². The van der Waals surface area contributed by atoms with E-state index < -0.39 is 0 Å². The molecular formula is C21H14ClNO2S. The monoisotopic (exact) mass is 379 g/mol. The van der Waals surface area contributed by atoms with Crippen LogP contribution in [0.25, 0.3) is 22.0 Å². The minimum Gasteiger partial charge on any atom is -0.322 e. The lowest BCUT2D eigenvalue weighted by Gasteiger charge is -2.09. The Labute approximate surface area is 158 Å². The number of fused-ring (bicyclic) bond motifs is 1. The van der Waals surface area contributed by atoms with Gasteiger partial charge in [0.05, 0.1) is 9.21 Å². The van der Waals surface area contributed by atoms with Crippen LogP contribution in [0, 0.1) is 6.92 Å². The number of carbonyl (C=O) groups excluding carboxylic acids is 1. The number of H-pyrrole nitrogens is 1. The molecular weight excluding hydrogens is 366 g/mol. The van der Waals surface area contributed by atoms with Crippen LogP contribution in [-0.4, -0.2) is 10.8 Å². The maximum atomic E-state index is 12.8. The lowest BCUT2D eigenvalue weighted by molar-refractivity contribution is 0.104. The zero-order valence-electron chi connectivity index (χ0n) is 13.9. The Bertz CT molecular complexity index is 1210. The van der Waals surface area contributed by atoms with Gasteiger partial charge in [-0.2, -0.15) is 0 Å². The topological polar surface area (TPSA) is 49.9 Å². The molecule has 0 aliphatic rings. The summed E-state index contributed by atoms with van der Waals surface area (Å²) in [4.78, 5) is 28.3. The fourth-order valence-corrected chi connectivity index (χ4v) is 4.03. The number of hydrogen-bond donors (Lipinski definition) is 1. The molecule has 0 bridgehead atoms. The lowest BCUT2D eigenvalue weighted by atomic mass is 9.97. The molecule has 128 valence electrons. The van der Waals surface area contributed by atoms with E-state index in [0.29, 0.717) is 20.3 Å². The zero-order chi connectivity index (χ0) is 18.3. The number of hydrogen-bond acceptors (Lipinski definition) is 3. The highest BCUT2D eigenvalue weighted by atomic mass is 35.5. The summed E-state index contributed by atoms with van der Waals surface area (Å²) in [6, 6.07) is 18.3. The van der Waals surface area contributed by atoms with Gasteiger partial charge in [0.2, 0.25) is 11.3 Å². The Hall–Kier alpha value is -2.69. The minimum atomic E-state index is -0.168. The fraction of sp³-hybridized carbons (Fsp3) is 0.0476. The Morgan fingerprint density at radius 2 is 1.88 bits per heavy atom. The summed E-state index contributed by atoms with van der Waals surface area (Å²) in [5.74, 6) is -0.0785. The van der Waals surface area contributed by atoms with Crippen LogP contribution in [-0.2, 0) is 0 Å². The van der Waals surface area contributed by atoms with Gasteiger partial charge in [-0.05, 0) is 48.4 Å². The summed E-state index contributed by atoms with van der Waals surface area (Å²) in [6.07, 6.45) is 0. The minimum absolute atomic E-state index is 0.0785. The van der Waals surface area contributed by atoms with E-state index in [1.807, 2.05) is 37.3 Å². The number of aryl methyl sites for hydroxylation is 1. The molecule has 0 atom stereocenters. The van der Waals surface area contributed by atoms with Crippen LogP contribution in [0.5, 0.6) is 0 Å². The third-order valence-corrected chi connectivity index (χ3v) is 5.46. The van der Waals surface area contributed by atoms with E-state index >= 15 is 0 Å². The Morgan fingerprint density at radius 1 is 1.04 bits per heavy atom. The van der Waals surface area contributed by atoms with Gasteiger partial charge in [0.15, 0.2) is 0 Å². The summed E-state index contributed by atoms with van der Waals surface area (Å²) < 4.78 is 0.582. The maximum absolute atomic E-state index is 12.8. The molecule has 0 saturated heterocycles. The first kappa shape index (κ1) is 16.8. The third kappa shape index (κ3) is 3.09. The van der Waals surface area contributed by atoms with Crippen molar-refractivity contribution in [1.82, 2.24) is 4.98 Å². The molecule has 0 amide bonds. The number of nitrogens with one attached hydrogen (secondary N) is 1. The van der Waals surface area contributed by atoms with E-state index in [4.69, 9.17) is 11.6 Å². The Kier molecular flexibility index (Phi) is 4.23. The van der Waals surface area contributed by atoms with Crippen molar-refractivity contribution < 1.29 is 4.79 Å². The number of thiophene rings is 1. The van der Waals surface area contributed by atoms with Gasteiger partial charge in [0.1, 0.15) is 0 Å². The van der Waals surface area contributed by atoms with Crippen molar-refractivity contribution in [2.24, 2.45) is 0 Å². The SMILES string of the molecule is Cc1cccc(-c2cc(=O)[nH]c3ccc(C(=O)c4ccc(Cl)s4)cc23)c1. The van der Waals surface area contributed by atoms with Crippen LogP contribution in [0.2, 0.25) is 4.34 Å². The van der Waals surface area contributed by atoms with E-state index in [1.54, 1.807) is 30.3 Å². The first-order valence-electron chi connectivity index (χ1n) is 8.05. The standard InChI is InChI=1S/C21H14ClNO2S/c1-12-3-2-4-13(9-12)15-11-20(24)23-17-6-5-14(10-16(15)17)21(25)18-7-8-19(22)26-18/h2-11H,1H3,(H,23,24). The first-order valence-corrected chi connectivity index (χ1v) is 9.25. The number of aromatic nitrogens is 1. The molecule has 4 rings (SSSR count). The van der Waals surface area contributed by atoms with Gasteiger partial charge in [0, 0.05) is 22.5 Å². The third-order valence-electron chi connectivity index (χ3n) is 4.23. The smallest absolute Gasteiger partial charge is 0.249 e. The number of benzene rings is 2. The Morgan fingerprint density at radius 3 is 2.62 bits per heavy atom. The zero-order valence-corrected chi connectivity index (χ0v) is 15.4. The van der Waals surface area contributed by atoms with Crippen molar-refractivity contribution >= 4 is 39.6 Å². The van der Waals surface area contributed by atoms with Gasteiger partial charge in [0.25, 0.3) is 0 Å². The highest BCUT2D eigenvalue weighted by Crippen LogP contribution is 2.29. The molecule has 0 fully saturated rings. The lowest BCUT2D eigenvalue weighted by Crippen LogP contribution is -2.06. The molecule has 1 N–H and O–H groups in total. The summed E-state index contributed by atoms with van der Waals surface area (Å²) >= 11 is 7.21. The molecule has 3 nitrogen and oxygen atoms in total. The average molecular weight is 380 g/mol. The van der Waals surface area contributed by atoms with Crippen LogP contribution in [0.1, 0.15) is 20.8 Å². The van der Waals surface area contributed by atoms with E-state index in [9.17, 15) is 9.59 Å². The molecule has 4 aromatic rings. The van der Waals surface area contributed by atoms with E-state index in [1.165, 1.54) is 11.3 Å². The molecule has 0 aliphatic heterocycles. The van der Waals surface area contributed by atoms with E-state index in [-0.39, 0.29) is 11.3 Å². The molecule has 5 heteroatoms. The molecule has 0 aliphatic carbocycles. The van der Waals surface area contributed by atoms with Gasteiger partial charge < -0.3 is 4.98 Å². The van der Waals surface area contributed by atoms with Crippen molar-refractivity contribution in [1.29, 1.82) is 0 Å². The predicted octanol–water partition coefficient (Wildman–Crippen LogP) is 5.45. The largest absolute Gasteiger partial charge is 0.322 e. The molecule has 0 radical (unpaired) electrons. The normalized spacial score (nSPS) is 11.0. The van der Waals surface area contributed by atoms with Crippen LogP contribution in [0.3, 0.4) is 0 Å². The van der Waals surface area contributed by atoms with Crippen molar-refractivity contribution in [2.75, 3.05) is 0 Å². The highest BCUT2D eigenvalue weighted by Gasteiger charge is 2.14. The van der Waals surface area contributed by atoms with E-state index in [2.05, 4.69) is 4.98 Å². The van der Waals surface area contributed by atoms with Crippen molar-refractivity contribution in [3.8, 4) is 11.1 Å². The van der Waals surface area contributed by atoms with Gasteiger partial charge in [-0.3, -0.25) is 9.59 Å². The summed E-state index contributed by atoms with van der Waals surface area (Å²) in [6.45, 7) is 2.01. The molecule has 0 unspecified atom stereocenters. The number of halogens is 1. The quantitative estimate of drug-likeness (QED) is 0.481. The van der Waals surface area contributed by atoms with Crippen molar-refractivity contribution in [3.05, 3.63) is 91.4 Å². The van der Waals surface area contributed by atoms with Crippen LogP contribution in [0.4, 0.5) is 0 Å². The summed E-state index contributed by atoms with van der Waals surface area (Å²) in [7, 11) is 0. The number of rotatable bonds is 3. The van der Waals surface area contributed by atoms with Gasteiger partial charge in [-0.15, -0.1) is 11.3 Å². The molecule has 2 aromatic heterocycles. The summed E-state index contributed by atoms with van der Waals surface area (Å²) in [5.41, 5.74) is 3.97. The van der Waals surface area contributed by atoms with Gasteiger partial charge in [-0.1, -0.05) is 41.4 Å². The second-order valence-corrected chi connectivity index (χ2v) is 7.83. The number of carbonyl (C=O) groups is 1. The highest BCUT2D eigenvalue weighted by molar-refractivity contribution is 7.18. The number of pyridine rings is 1. The first-order chi connectivity index (χ1) is 12.5.